The minimum absolute atomic E-state index is 0.229. The van der Waals surface area contributed by atoms with E-state index in [1.54, 1.807) is 48.2 Å². The van der Waals surface area contributed by atoms with E-state index in [-0.39, 0.29) is 23.6 Å². The van der Waals surface area contributed by atoms with Gasteiger partial charge in [-0.05, 0) is 48.8 Å². The third kappa shape index (κ3) is 4.50. The molecule has 1 aliphatic heterocycles. The van der Waals surface area contributed by atoms with E-state index in [4.69, 9.17) is 0 Å². The van der Waals surface area contributed by atoms with Crippen LogP contribution in [0, 0.1) is 0 Å². The molecule has 0 bridgehead atoms. The summed E-state index contributed by atoms with van der Waals surface area (Å²) in [4.78, 5) is 54.3. The van der Waals surface area contributed by atoms with Crippen LogP contribution < -0.4 is 21.5 Å². The van der Waals surface area contributed by atoms with E-state index in [2.05, 4.69) is 20.9 Å². The lowest BCUT2D eigenvalue weighted by Crippen LogP contribution is -2.41. The maximum absolute atomic E-state index is 12.6. The lowest BCUT2D eigenvalue weighted by Gasteiger charge is -2.13. The quantitative estimate of drug-likeness (QED) is 0.526. The fourth-order valence-electron chi connectivity index (χ4n) is 3.45. The highest BCUT2D eigenvalue weighted by Crippen LogP contribution is 2.24. The van der Waals surface area contributed by atoms with Crippen LogP contribution in [0.2, 0.25) is 0 Å². The van der Waals surface area contributed by atoms with Gasteiger partial charge in [-0.2, -0.15) is 11.8 Å². The van der Waals surface area contributed by atoms with Crippen LogP contribution in [0.1, 0.15) is 16.8 Å². The van der Waals surface area contributed by atoms with Crippen molar-refractivity contribution >= 4 is 51.8 Å². The molecule has 0 fully saturated rings. The Morgan fingerprint density at radius 2 is 2.00 bits per heavy atom. The van der Waals surface area contributed by atoms with E-state index in [1.165, 1.54) is 17.0 Å². The van der Waals surface area contributed by atoms with E-state index in [0.29, 0.717) is 28.7 Å². The smallest absolute Gasteiger partial charge is 0.261 e. The van der Waals surface area contributed by atoms with Crippen LogP contribution in [-0.4, -0.2) is 45.3 Å². The lowest BCUT2D eigenvalue weighted by molar-refractivity contribution is -0.118. The maximum Gasteiger partial charge on any atom is 0.261 e. The zero-order chi connectivity index (χ0) is 22.7. The maximum atomic E-state index is 12.6. The van der Waals surface area contributed by atoms with Crippen LogP contribution in [0.3, 0.4) is 0 Å². The summed E-state index contributed by atoms with van der Waals surface area (Å²) < 4.78 is 1.23. The minimum atomic E-state index is -0.618. The van der Waals surface area contributed by atoms with Crippen LogP contribution in [0.25, 0.3) is 10.9 Å². The molecule has 0 spiro atoms. The van der Waals surface area contributed by atoms with Gasteiger partial charge < -0.3 is 16.0 Å². The average Bonchev–Trinajstić information content (AvgIpc) is 2.90. The van der Waals surface area contributed by atoms with Crippen LogP contribution >= 0.6 is 11.8 Å². The molecule has 1 aliphatic rings. The number of thioether (sulfide) groups is 1. The number of benzene rings is 2. The van der Waals surface area contributed by atoms with Gasteiger partial charge in [0.2, 0.25) is 11.8 Å². The number of nitrogens with zero attached hydrogens (tertiary/aromatic N) is 2. The summed E-state index contributed by atoms with van der Waals surface area (Å²) in [6.07, 6.45) is 3.78. The molecule has 0 unspecified atom stereocenters. The summed E-state index contributed by atoms with van der Waals surface area (Å²) in [5, 5.41) is 8.61. The molecule has 0 saturated heterocycles. The summed E-state index contributed by atoms with van der Waals surface area (Å²) in [7, 11) is 0. The van der Waals surface area contributed by atoms with Gasteiger partial charge in [-0.1, -0.05) is 12.1 Å². The lowest BCUT2D eigenvalue weighted by atomic mass is 10.1. The van der Waals surface area contributed by atoms with Gasteiger partial charge in [-0.25, -0.2) is 4.98 Å². The Hall–Kier alpha value is -3.66. The van der Waals surface area contributed by atoms with Gasteiger partial charge in [0.1, 0.15) is 12.6 Å². The number of fused-ring (bicyclic) bond motifs is 2. The van der Waals surface area contributed by atoms with Crippen molar-refractivity contribution in [3.8, 4) is 0 Å². The number of anilines is 2. The largest absolute Gasteiger partial charge is 0.340 e. The monoisotopic (exact) mass is 451 g/mol. The van der Waals surface area contributed by atoms with Crippen molar-refractivity contribution in [2.45, 2.75) is 19.0 Å². The van der Waals surface area contributed by atoms with Crippen LogP contribution in [0.4, 0.5) is 11.4 Å². The SMILES string of the molecule is CSCC[C@@H]1NC(=O)c2cc(NC(=O)Cn3cnc4ccccc4c3=O)ccc2NC1=O. The Kier molecular flexibility index (Phi) is 6.22. The van der Waals surface area contributed by atoms with E-state index >= 15 is 0 Å². The molecule has 0 aliphatic carbocycles. The Bertz CT molecular complexity index is 1270. The summed E-state index contributed by atoms with van der Waals surface area (Å²) in [5.41, 5.74) is 1.26. The van der Waals surface area contributed by atoms with Crippen molar-refractivity contribution in [2.24, 2.45) is 0 Å². The van der Waals surface area contributed by atoms with Gasteiger partial charge >= 0.3 is 0 Å². The fourth-order valence-corrected chi connectivity index (χ4v) is 3.92. The molecule has 3 amide bonds. The second kappa shape index (κ2) is 9.23. The highest BCUT2D eigenvalue weighted by atomic mass is 32.2. The van der Waals surface area contributed by atoms with E-state index in [1.807, 2.05) is 6.26 Å². The second-order valence-corrected chi connectivity index (χ2v) is 8.29. The van der Waals surface area contributed by atoms with Crippen LogP contribution in [-0.2, 0) is 16.1 Å². The first kappa shape index (κ1) is 21.6. The molecule has 2 aromatic carbocycles. The third-order valence-electron chi connectivity index (χ3n) is 5.08. The van der Waals surface area contributed by atoms with Gasteiger partial charge in [-0.15, -0.1) is 0 Å². The number of aromatic nitrogens is 2. The molecule has 32 heavy (non-hydrogen) atoms. The van der Waals surface area contributed by atoms with Gasteiger partial charge in [0.05, 0.1) is 28.5 Å². The summed E-state index contributed by atoms with van der Waals surface area (Å²) >= 11 is 1.59. The number of carbonyl (C=O) groups excluding carboxylic acids is 3. The first-order valence-electron chi connectivity index (χ1n) is 9.95. The molecular formula is C22H21N5O4S. The van der Waals surface area contributed by atoms with Crippen molar-refractivity contribution in [1.82, 2.24) is 14.9 Å². The van der Waals surface area contributed by atoms with E-state index < -0.39 is 17.9 Å². The number of carbonyl (C=O) groups is 3. The Balaban J connectivity index is 1.50. The molecule has 10 heteroatoms. The average molecular weight is 452 g/mol. The van der Waals surface area contributed by atoms with Crippen molar-refractivity contribution in [1.29, 1.82) is 0 Å². The summed E-state index contributed by atoms with van der Waals surface area (Å²) in [5.74, 6) is -0.374. The van der Waals surface area contributed by atoms with Gasteiger partial charge in [-0.3, -0.25) is 23.7 Å². The molecule has 0 radical (unpaired) electrons. The molecule has 0 saturated carbocycles. The predicted molar refractivity (Wildman–Crippen MR) is 124 cm³/mol. The van der Waals surface area contributed by atoms with Crippen molar-refractivity contribution in [3.05, 3.63) is 64.7 Å². The summed E-state index contributed by atoms with van der Waals surface area (Å²) in [6, 6.07) is 11.0. The molecule has 9 nitrogen and oxygen atoms in total. The van der Waals surface area contributed by atoms with Gasteiger partial charge in [0.15, 0.2) is 0 Å². The highest BCUT2D eigenvalue weighted by Gasteiger charge is 2.27. The number of rotatable bonds is 6. The molecule has 4 rings (SSSR count). The zero-order valence-electron chi connectivity index (χ0n) is 17.3. The number of para-hydroxylation sites is 1. The Morgan fingerprint density at radius 3 is 2.81 bits per heavy atom. The van der Waals surface area contributed by atoms with E-state index in [0.717, 1.165) is 5.75 Å². The Labute approximate surface area is 187 Å². The molecule has 2 heterocycles. The first-order valence-corrected chi connectivity index (χ1v) is 11.3. The highest BCUT2D eigenvalue weighted by molar-refractivity contribution is 7.98. The van der Waals surface area contributed by atoms with Crippen LogP contribution in [0.15, 0.2) is 53.6 Å². The van der Waals surface area contributed by atoms with E-state index in [9.17, 15) is 19.2 Å². The molecular weight excluding hydrogens is 430 g/mol. The second-order valence-electron chi connectivity index (χ2n) is 7.30. The zero-order valence-corrected chi connectivity index (χ0v) is 18.1. The number of hydrogen-bond donors (Lipinski definition) is 3. The topological polar surface area (TPSA) is 122 Å². The van der Waals surface area contributed by atoms with Crippen molar-refractivity contribution in [2.75, 3.05) is 22.6 Å². The fraction of sp³-hybridized carbons (Fsp3) is 0.227. The molecule has 3 N–H and O–H groups in total. The minimum Gasteiger partial charge on any atom is -0.340 e. The van der Waals surface area contributed by atoms with Gasteiger partial charge in [0.25, 0.3) is 11.5 Å². The van der Waals surface area contributed by atoms with Crippen LogP contribution in [0.5, 0.6) is 0 Å². The number of hydrogen-bond acceptors (Lipinski definition) is 6. The number of nitrogens with one attached hydrogen (secondary N) is 3. The van der Waals surface area contributed by atoms with Gasteiger partial charge in [0, 0.05) is 5.69 Å². The standard InChI is InChI=1S/C22H21N5O4S/c1-32-9-8-18-21(30)25-17-7-6-13(10-15(17)20(29)26-18)24-19(28)11-27-12-23-16-5-3-2-4-14(16)22(27)31/h2-7,10,12,18H,8-9,11H2,1H3,(H,24,28)(H,25,30)(H,26,29)/t18-/m0/s1. The summed E-state index contributed by atoms with van der Waals surface area (Å²) in [6.45, 7) is -0.229. The molecule has 1 atom stereocenters. The number of amides is 3. The predicted octanol–water partition coefficient (Wildman–Crippen LogP) is 1.84. The Morgan fingerprint density at radius 1 is 1.19 bits per heavy atom. The molecule has 3 aromatic rings. The first-order chi connectivity index (χ1) is 15.5. The molecule has 1 aromatic heterocycles. The van der Waals surface area contributed by atoms with Crippen molar-refractivity contribution in [3.63, 3.8) is 0 Å². The normalized spacial score (nSPS) is 15.5. The third-order valence-corrected chi connectivity index (χ3v) is 5.73. The van der Waals surface area contributed by atoms with Crippen molar-refractivity contribution < 1.29 is 14.4 Å². The molecule has 164 valence electrons.